The zero-order chi connectivity index (χ0) is 17.5. The molecule has 27 heavy (non-hydrogen) atoms. The first-order valence-corrected chi connectivity index (χ1v) is 9.64. The van der Waals surface area contributed by atoms with Crippen LogP contribution in [0.1, 0.15) is 22.3 Å². The molecule has 4 aromatic carbocycles. The molecule has 7 rings (SSSR count). The highest BCUT2D eigenvalue weighted by molar-refractivity contribution is 6.11. The van der Waals surface area contributed by atoms with E-state index in [2.05, 4.69) is 83.4 Å². The standard InChI is InChI=1S/C26H17N/c1-2-8-19-16(6-1)15-23-20(19)13-12-18-14-17-7-5-10-22-21-9-3-4-11-24(21)27(25(17)22)26(18)23/h1-13H,14-15H2. The summed E-state index contributed by atoms with van der Waals surface area (Å²) >= 11 is 0. The first-order chi connectivity index (χ1) is 13.4. The van der Waals surface area contributed by atoms with Gasteiger partial charge in [0.05, 0.1) is 16.7 Å². The molecule has 0 amide bonds. The number of fused-ring (bicyclic) bond motifs is 9. The van der Waals surface area contributed by atoms with Crippen LogP contribution in [0.5, 0.6) is 0 Å². The summed E-state index contributed by atoms with van der Waals surface area (Å²) in [6, 6.07) is 29.2. The summed E-state index contributed by atoms with van der Waals surface area (Å²) in [6.45, 7) is 0. The largest absolute Gasteiger partial charge is 0.308 e. The van der Waals surface area contributed by atoms with Crippen molar-refractivity contribution < 1.29 is 0 Å². The van der Waals surface area contributed by atoms with Crippen molar-refractivity contribution in [3.05, 3.63) is 101 Å². The van der Waals surface area contributed by atoms with Crippen molar-refractivity contribution in [3.8, 4) is 16.8 Å². The summed E-state index contributed by atoms with van der Waals surface area (Å²) < 4.78 is 2.55. The molecule has 1 nitrogen and oxygen atoms in total. The minimum atomic E-state index is 1.02. The lowest BCUT2D eigenvalue weighted by molar-refractivity contribution is 1.02. The Hall–Kier alpha value is -3.32. The molecular formula is C26H17N. The zero-order valence-corrected chi connectivity index (χ0v) is 14.9. The van der Waals surface area contributed by atoms with Gasteiger partial charge in [0, 0.05) is 23.6 Å². The van der Waals surface area contributed by atoms with Crippen molar-refractivity contribution in [1.29, 1.82) is 0 Å². The minimum Gasteiger partial charge on any atom is -0.308 e. The molecule has 2 heterocycles. The predicted octanol–water partition coefficient (Wildman–Crippen LogP) is 6.26. The molecule has 5 aromatic rings. The van der Waals surface area contributed by atoms with Crippen molar-refractivity contribution in [1.82, 2.24) is 4.57 Å². The molecule has 0 saturated heterocycles. The smallest absolute Gasteiger partial charge is 0.0576 e. The van der Waals surface area contributed by atoms with Crippen LogP contribution < -0.4 is 0 Å². The van der Waals surface area contributed by atoms with Crippen LogP contribution in [0.2, 0.25) is 0 Å². The summed E-state index contributed by atoms with van der Waals surface area (Å²) in [5.74, 6) is 0. The topological polar surface area (TPSA) is 4.93 Å². The second-order valence-corrected chi connectivity index (χ2v) is 7.78. The van der Waals surface area contributed by atoms with E-state index in [1.54, 1.807) is 0 Å². The third-order valence-corrected chi connectivity index (χ3v) is 6.42. The molecule has 0 unspecified atom stereocenters. The lowest BCUT2D eigenvalue weighted by Crippen LogP contribution is -2.10. The molecule has 126 valence electrons. The van der Waals surface area contributed by atoms with Gasteiger partial charge < -0.3 is 4.57 Å². The van der Waals surface area contributed by atoms with Gasteiger partial charge in [-0.3, -0.25) is 0 Å². The van der Waals surface area contributed by atoms with Crippen molar-refractivity contribution in [2.45, 2.75) is 12.8 Å². The molecule has 0 saturated carbocycles. The second-order valence-electron chi connectivity index (χ2n) is 7.78. The molecule has 0 bridgehead atoms. The molecule has 1 aliphatic carbocycles. The predicted molar refractivity (Wildman–Crippen MR) is 112 cm³/mol. The fraction of sp³-hybridized carbons (Fsp3) is 0.0769. The van der Waals surface area contributed by atoms with E-state index in [0.29, 0.717) is 0 Å². The molecule has 0 N–H and O–H groups in total. The summed E-state index contributed by atoms with van der Waals surface area (Å²) in [7, 11) is 0. The van der Waals surface area contributed by atoms with Gasteiger partial charge in [-0.2, -0.15) is 0 Å². The molecule has 0 atom stereocenters. The summed E-state index contributed by atoms with van der Waals surface area (Å²) in [4.78, 5) is 0. The van der Waals surface area contributed by atoms with Crippen LogP contribution in [0, 0.1) is 0 Å². The van der Waals surface area contributed by atoms with Gasteiger partial charge in [-0.15, -0.1) is 0 Å². The Labute approximate surface area is 157 Å². The highest BCUT2D eigenvalue weighted by Crippen LogP contribution is 2.46. The van der Waals surface area contributed by atoms with E-state index in [4.69, 9.17) is 0 Å². The van der Waals surface area contributed by atoms with E-state index < -0.39 is 0 Å². The maximum Gasteiger partial charge on any atom is 0.0576 e. The Morgan fingerprint density at radius 2 is 1.37 bits per heavy atom. The van der Waals surface area contributed by atoms with Crippen LogP contribution in [0.4, 0.5) is 0 Å². The van der Waals surface area contributed by atoms with Crippen LogP contribution in [-0.4, -0.2) is 4.57 Å². The van der Waals surface area contributed by atoms with Crippen LogP contribution in [-0.2, 0) is 12.8 Å². The Morgan fingerprint density at radius 1 is 0.556 bits per heavy atom. The number of hydrogen-bond acceptors (Lipinski definition) is 0. The molecule has 0 fully saturated rings. The lowest BCUT2D eigenvalue weighted by atomic mass is 9.92. The second kappa shape index (κ2) is 4.69. The Kier molecular flexibility index (Phi) is 2.40. The molecule has 0 radical (unpaired) electrons. The fourth-order valence-electron chi connectivity index (χ4n) is 5.33. The average molecular weight is 343 g/mol. The van der Waals surface area contributed by atoms with E-state index in [1.807, 2.05) is 0 Å². The third-order valence-electron chi connectivity index (χ3n) is 6.42. The molecule has 1 heteroatoms. The lowest BCUT2D eigenvalue weighted by Gasteiger charge is -2.23. The summed E-state index contributed by atoms with van der Waals surface area (Å²) in [5.41, 5.74) is 12.8. The van der Waals surface area contributed by atoms with Gasteiger partial charge in [0.2, 0.25) is 0 Å². The highest BCUT2D eigenvalue weighted by Gasteiger charge is 2.28. The van der Waals surface area contributed by atoms with Gasteiger partial charge in [-0.25, -0.2) is 0 Å². The Morgan fingerprint density at radius 3 is 2.37 bits per heavy atom. The number of benzene rings is 4. The van der Waals surface area contributed by atoms with E-state index in [0.717, 1.165) is 12.8 Å². The molecular weight excluding hydrogens is 326 g/mol. The number of aromatic nitrogens is 1. The van der Waals surface area contributed by atoms with Crippen LogP contribution in [0.3, 0.4) is 0 Å². The van der Waals surface area contributed by atoms with Crippen molar-refractivity contribution in [2.75, 3.05) is 0 Å². The van der Waals surface area contributed by atoms with E-state index in [1.165, 1.54) is 60.9 Å². The third kappa shape index (κ3) is 1.61. The Bertz CT molecular complexity index is 1420. The molecule has 1 aliphatic heterocycles. The summed E-state index contributed by atoms with van der Waals surface area (Å²) in [5, 5.41) is 2.73. The van der Waals surface area contributed by atoms with Gasteiger partial charge in [0.1, 0.15) is 0 Å². The maximum atomic E-state index is 2.55. The van der Waals surface area contributed by atoms with Gasteiger partial charge in [-0.1, -0.05) is 72.8 Å². The van der Waals surface area contributed by atoms with Gasteiger partial charge >= 0.3 is 0 Å². The van der Waals surface area contributed by atoms with Gasteiger partial charge in [0.25, 0.3) is 0 Å². The first kappa shape index (κ1) is 13.8. The van der Waals surface area contributed by atoms with Crippen LogP contribution in [0.25, 0.3) is 38.6 Å². The molecule has 2 aliphatic rings. The number of para-hydroxylation sites is 2. The normalized spacial score (nSPS) is 13.6. The summed E-state index contributed by atoms with van der Waals surface area (Å²) in [6.07, 6.45) is 2.05. The van der Waals surface area contributed by atoms with Crippen LogP contribution >= 0.6 is 0 Å². The first-order valence-electron chi connectivity index (χ1n) is 9.64. The average Bonchev–Trinajstić information content (AvgIpc) is 3.26. The maximum absolute atomic E-state index is 2.55. The van der Waals surface area contributed by atoms with E-state index in [9.17, 15) is 0 Å². The van der Waals surface area contributed by atoms with Gasteiger partial charge in [0.15, 0.2) is 0 Å². The monoisotopic (exact) mass is 343 g/mol. The fourth-order valence-corrected chi connectivity index (χ4v) is 5.33. The number of nitrogens with zero attached hydrogens (tertiary/aromatic N) is 1. The number of rotatable bonds is 0. The zero-order valence-electron chi connectivity index (χ0n) is 14.9. The van der Waals surface area contributed by atoms with E-state index >= 15 is 0 Å². The van der Waals surface area contributed by atoms with Crippen molar-refractivity contribution in [3.63, 3.8) is 0 Å². The highest BCUT2D eigenvalue weighted by atomic mass is 15.0. The minimum absolute atomic E-state index is 1.02. The van der Waals surface area contributed by atoms with E-state index in [-0.39, 0.29) is 0 Å². The molecule has 0 spiro atoms. The van der Waals surface area contributed by atoms with Gasteiger partial charge in [-0.05, 0) is 39.4 Å². The number of hydrogen-bond donors (Lipinski definition) is 0. The molecule has 1 aromatic heterocycles. The quantitative estimate of drug-likeness (QED) is 0.306. The van der Waals surface area contributed by atoms with Crippen molar-refractivity contribution >= 4 is 21.8 Å². The Balaban J connectivity index is 1.68. The van der Waals surface area contributed by atoms with Crippen molar-refractivity contribution in [2.24, 2.45) is 0 Å². The van der Waals surface area contributed by atoms with Crippen LogP contribution in [0.15, 0.2) is 78.9 Å². The SMILES string of the molecule is c1ccc2c(c1)Cc1c-2ccc2c1-n1c3ccccc3c3cccc(c31)C2.